The lowest BCUT2D eigenvalue weighted by Gasteiger charge is -2.27. The van der Waals surface area contributed by atoms with Crippen molar-refractivity contribution in [1.29, 1.82) is 0 Å². The number of hydrogen-bond acceptors (Lipinski definition) is 5. The van der Waals surface area contributed by atoms with Crippen molar-refractivity contribution >= 4 is 29.9 Å². The van der Waals surface area contributed by atoms with Crippen LogP contribution in [0.1, 0.15) is 24.5 Å². The van der Waals surface area contributed by atoms with Gasteiger partial charge in [-0.15, -0.1) is 24.0 Å². The summed E-state index contributed by atoms with van der Waals surface area (Å²) >= 11 is 0. The van der Waals surface area contributed by atoms with E-state index >= 15 is 0 Å². The van der Waals surface area contributed by atoms with Gasteiger partial charge in [0.25, 0.3) is 0 Å². The van der Waals surface area contributed by atoms with Gasteiger partial charge in [-0.25, -0.2) is 4.99 Å². The average molecular weight is 520 g/mol. The average Bonchev–Trinajstić information content (AvgIpc) is 2.73. The molecule has 1 aromatic carbocycles. The minimum Gasteiger partial charge on any atom is -0.382 e. The van der Waals surface area contributed by atoms with Crippen LogP contribution >= 0.6 is 24.0 Å². The first-order chi connectivity index (χ1) is 13.8. The Hall–Kier alpha value is -0.940. The molecule has 7 nitrogen and oxygen atoms in total. The molecule has 0 radical (unpaired) electrons. The molecule has 0 spiro atoms. The molecule has 0 saturated carbocycles. The molecule has 0 bridgehead atoms. The quantitative estimate of drug-likeness (QED) is 0.191. The molecule has 1 aromatic rings. The lowest BCUT2D eigenvalue weighted by Crippen LogP contribution is -2.38. The molecule has 1 saturated heterocycles. The molecular weight excluding hydrogens is 483 g/mol. The maximum absolute atomic E-state index is 5.49. The number of methoxy groups -OCH3 is 1. The van der Waals surface area contributed by atoms with Crippen LogP contribution in [0.15, 0.2) is 29.3 Å². The smallest absolute Gasteiger partial charge is 0.191 e. The summed E-state index contributed by atoms with van der Waals surface area (Å²) < 4.78 is 15.9. The number of hydrogen-bond donors (Lipinski definition) is 2. The monoisotopic (exact) mass is 520 g/mol. The first-order valence-corrected chi connectivity index (χ1v) is 10.3. The molecule has 0 unspecified atom stereocenters. The predicted molar refractivity (Wildman–Crippen MR) is 128 cm³/mol. The molecule has 0 amide bonds. The van der Waals surface area contributed by atoms with Gasteiger partial charge in [0.1, 0.15) is 0 Å². The Morgan fingerprint density at radius 3 is 2.59 bits per heavy atom. The number of nitrogens with one attached hydrogen (secondary N) is 2. The van der Waals surface area contributed by atoms with E-state index in [9.17, 15) is 0 Å². The lowest BCUT2D eigenvalue weighted by molar-refractivity contribution is 0.0341. The minimum atomic E-state index is 0. The summed E-state index contributed by atoms with van der Waals surface area (Å²) in [5, 5.41) is 6.70. The van der Waals surface area contributed by atoms with E-state index in [0.29, 0.717) is 19.8 Å². The third-order valence-electron chi connectivity index (χ3n) is 4.56. The molecular formula is C21H37IN4O3. The third-order valence-corrected chi connectivity index (χ3v) is 4.56. The molecule has 1 aliphatic rings. The van der Waals surface area contributed by atoms with E-state index in [1.165, 1.54) is 11.1 Å². The fraction of sp³-hybridized carbons (Fsp3) is 0.667. The van der Waals surface area contributed by atoms with Crippen LogP contribution < -0.4 is 10.6 Å². The van der Waals surface area contributed by atoms with E-state index in [4.69, 9.17) is 19.2 Å². The van der Waals surface area contributed by atoms with Crippen LogP contribution in [0.2, 0.25) is 0 Å². The number of nitrogens with zero attached hydrogens (tertiary/aromatic N) is 2. The first-order valence-electron chi connectivity index (χ1n) is 10.3. The Labute approximate surface area is 192 Å². The van der Waals surface area contributed by atoms with Crippen LogP contribution in [0, 0.1) is 0 Å². The van der Waals surface area contributed by atoms with Gasteiger partial charge in [-0.2, -0.15) is 0 Å². The van der Waals surface area contributed by atoms with Crippen molar-refractivity contribution in [2.75, 3.05) is 66.3 Å². The van der Waals surface area contributed by atoms with E-state index in [0.717, 1.165) is 64.9 Å². The Morgan fingerprint density at radius 2 is 1.86 bits per heavy atom. The number of guanidine groups is 1. The van der Waals surface area contributed by atoms with E-state index in [-0.39, 0.29) is 24.0 Å². The highest BCUT2D eigenvalue weighted by Gasteiger charge is 2.12. The van der Waals surface area contributed by atoms with Crippen LogP contribution in [0.25, 0.3) is 0 Å². The van der Waals surface area contributed by atoms with Gasteiger partial charge in [0, 0.05) is 46.4 Å². The summed E-state index contributed by atoms with van der Waals surface area (Å²) in [5.41, 5.74) is 2.62. The highest BCUT2D eigenvalue weighted by atomic mass is 127. The van der Waals surface area contributed by atoms with Crippen molar-refractivity contribution in [3.63, 3.8) is 0 Å². The number of benzene rings is 1. The summed E-state index contributed by atoms with van der Waals surface area (Å²) in [5.74, 6) is 0.848. The Balaban J connectivity index is 0.00000420. The van der Waals surface area contributed by atoms with Crippen molar-refractivity contribution in [3.8, 4) is 0 Å². The van der Waals surface area contributed by atoms with Gasteiger partial charge >= 0.3 is 0 Å². The predicted octanol–water partition coefficient (Wildman–Crippen LogP) is 2.25. The van der Waals surface area contributed by atoms with Crippen molar-refractivity contribution < 1.29 is 14.2 Å². The number of ether oxygens (including phenoxy) is 3. The molecule has 0 aliphatic carbocycles. The summed E-state index contributed by atoms with van der Waals surface area (Å²) in [7, 11) is 1.68. The molecule has 166 valence electrons. The molecule has 29 heavy (non-hydrogen) atoms. The molecule has 1 heterocycles. The second-order valence-electron chi connectivity index (χ2n) is 6.74. The van der Waals surface area contributed by atoms with Crippen molar-refractivity contribution in [2.24, 2.45) is 4.99 Å². The number of morpholine rings is 1. The van der Waals surface area contributed by atoms with Crippen molar-refractivity contribution in [3.05, 3.63) is 35.4 Å². The van der Waals surface area contributed by atoms with Crippen molar-refractivity contribution in [2.45, 2.75) is 26.4 Å². The Morgan fingerprint density at radius 1 is 1.10 bits per heavy atom. The van der Waals surface area contributed by atoms with Gasteiger partial charge in [0.2, 0.25) is 0 Å². The summed E-state index contributed by atoms with van der Waals surface area (Å²) in [6.45, 7) is 11.0. The number of rotatable bonds is 12. The minimum absolute atomic E-state index is 0. The Bertz CT molecular complexity index is 569. The normalized spacial score (nSPS) is 15.0. The summed E-state index contributed by atoms with van der Waals surface area (Å²) in [6, 6.07) is 8.58. The van der Waals surface area contributed by atoms with Gasteiger partial charge < -0.3 is 24.8 Å². The number of aliphatic imine (C=N–C) groups is 1. The zero-order chi connectivity index (χ0) is 19.9. The fourth-order valence-electron chi connectivity index (χ4n) is 3.00. The second-order valence-corrected chi connectivity index (χ2v) is 6.74. The van der Waals surface area contributed by atoms with Gasteiger partial charge in [-0.1, -0.05) is 24.3 Å². The van der Waals surface area contributed by atoms with Gasteiger partial charge in [-0.05, 0) is 24.5 Å². The SMILES string of the molecule is CCNC(=NCc1ccccc1CN1CCOCC1)NCCCOCCOC.I. The fourth-order valence-corrected chi connectivity index (χ4v) is 3.00. The summed E-state index contributed by atoms with van der Waals surface area (Å²) in [6.07, 6.45) is 0.932. The molecule has 1 aliphatic heterocycles. The second kappa shape index (κ2) is 16.8. The van der Waals surface area contributed by atoms with Crippen LogP contribution in [-0.2, 0) is 27.3 Å². The first kappa shape index (κ1) is 26.1. The van der Waals surface area contributed by atoms with E-state index < -0.39 is 0 Å². The van der Waals surface area contributed by atoms with Crippen LogP contribution in [0.4, 0.5) is 0 Å². The molecule has 0 atom stereocenters. The lowest BCUT2D eigenvalue weighted by atomic mass is 10.1. The molecule has 8 heteroatoms. The van der Waals surface area contributed by atoms with Gasteiger partial charge in [-0.3, -0.25) is 4.90 Å². The standard InChI is InChI=1S/C21H36N4O3.HI/c1-3-22-21(23-9-6-12-27-16-15-26-2)24-17-19-7-4-5-8-20(19)18-25-10-13-28-14-11-25;/h4-5,7-8H,3,6,9-18H2,1-2H3,(H2,22,23,24);1H. The number of halogens is 1. The van der Waals surface area contributed by atoms with Gasteiger partial charge in [0.05, 0.1) is 33.0 Å². The van der Waals surface area contributed by atoms with Crippen LogP contribution in [-0.4, -0.2) is 77.2 Å². The third kappa shape index (κ3) is 11.1. The largest absolute Gasteiger partial charge is 0.382 e. The maximum Gasteiger partial charge on any atom is 0.191 e. The summed E-state index contributed by atoms with van der Waals surface area (Å²) in [4.78, 5) is 7.22. The molecule has 2 N–H and O–H groups in total. The molecule has 1 fully saturated rings. The highest BCUT2D eigenvalue weighted by molar-refractivity contribution is 14.0. The topological polar surface area (TPSA) is 67.4 Å². The highest BCUT2D eigenvalue weighted by Crippen LogP contribution is 2.14. The zero-order valence-corrected chi connectivity index (χ0v) is 20.2. The van der Waals surface area contributed by atoms with E-state index in [2.05, 4.69) is 46.7 Å². The Kier molecular flexibility index (Phi) is 15.1. The van der Waals surface area contributed by atoms with E-state index in [1.807, 2.05) is 0 Å². The van der Waals surface area contributed by atoms with Gasteiger partial charge in [0.15, 0.2) is 5.96 Å². The zero-order valence-electron chi connectivity index (χ0n) is 17.8. The molecule has 2 rings (SSSR count). The van der Waals surface area contributed by atoms with E-state index in [1.54, 1.807) is 7.11 Å². The molecule has 0 aromatic heterocycles. The van der Waals surface area contributed by atoms with Crippen LogP contribution in [0.3, 0.4) is 0 Å². The van der Waals surface area contributed by atoms with Crippen molar-refractivity contribution in [1.82, 2.24) is 15.5 Å². The van der Waals surface area contributed by atoms with Crippen LogP contribution in [0.5, 0.6) is 0 Å². The maximum atomic E-state index is 5.49.